The normalized spacial score (nSPS) is 17.1. The SMILES string of the molecule is Nc1ccc2c(c1)CCCC2NC(=O)c1cncc(Br)c1. The molecule has 0 aliphatic heterocycles. The molecule has 0 saturated heterocycles. The Labute approximate surface area is 131 Å². The van der Waals surface area contributed by atoms with Crippen molar-refractivity contribution in [1.82, 2.24) is 10.3 Å². The number of carbonyl (C=O) groups is 1. The highest BCUT2D eigenvalue weighted by atomic mass is 79.9. The fourth-order valence-electron chi connectivity index (χ4n) is 2.76. The number of nitrogens with one attached hydrogen (secondary N) is 1. The monoisotopic (exact) mass is 345 g/mol. The zero-order valence-electron chi connectivity index (χ0n) is 11.5. The fourth-order valence-corrected chi connectivity index (χ4v) is 3.13. The average molecular weight is 346 g/mol. The molecule has 0 fully saturated rings. The molecule has 21 heavy (non-hydrogen) atoms. The molecule has 1 amide bonds. The van der Waals surface area contributed by atoms with Crippen molar-refractivity contribution in [3.63, 3.8) is 0 Å². The number of benzene rings is 1. The van der Waals surface area contributed by atoms with E-state index in [1.54, 1.807) is 18.5 Å². The third-order valence-corrected chi connectivity index (χ3v) is 4.19. The van der Waals surface area contributed by atoms with Gasteiger partial charge in [-0.25, -0.2) is 0 Å². The Kier molecular flexibility index (Phi) is 3.92. The minimum absolute atomic E-state index is 0.0424. The first-order chi connectivity index (χ1) is 10.1. The lowest BCUT2D eigenvalue weighted by molar-refractivity contribution is 0.0932. The molecule has 0 saturated carbocycles. The summed E-state index contributed by atoms with van der Waals surface area (Å²) in [5.41, 5.74) is 9.58. The van der Waals surface area contributed by atoms with Crippen molar-refractivity contribution in [1.29, 1.82) is 0 Å². The summed E-state index contributed by atoms with van der Waals surface area (Å²) in [5.74, 6) is -0.0986. The van der Waals surface area contributed by atoms with E-state index in [1.807, 2.05) is 18.2 Å². The Morgan fingerprint density at radius 2 is 2.19 bits per heavy atom. The molecule has 0 bridgehead atoms. The lowest BCUT2D eigenvalue weighted by Gasteiger charge is -2.26. The van der Waals surface area contributed by atoms with E-state index in [1.165, 1.54) is 11.1 Å². The van der Waals surface area contributed by atoms with Crippen molar-refractivity contribution in [2.45, 2.75) is 25.3 Å². The maximum absolute atomic E-state index is 12.3. The maximum atomic E-state index is 12.3. The van der Waals surface area contributed by atoms with E-state index in [-0.39, 0.29) is 11.9 Å². The van der Waals surface area contributed by atoms with Crippen LogP contribution in [0.5, 0.6) is 0 Å². The van der Waals surface area contributed by atoms with Crippen LogP contribution in [0.2, 0.25) is 0 Å². The van der Waals surface area contributed by atoms with Crippen molar-refractivity contribution < 1.29 is 4.79 Å². The summed E-state index contributed by atoms with van der Waals surface area (Å²) in [6.45, 7) is 0. The van der Waals surface area contributed by atoms with Gasteiger partial charge in [0.1, 0.15) is 0 Å². The topological polar surface area (TPSA) is 68.0 Å². The summed E-state index contributed by atoms with van der Waals surface area (Å²) in [7, 11) is 0. The zero-order chi connectivity index (χ0) is 14.8. The molecule has 2 aromatic rings. The zero-order valence-corrected chi connectivity index (χ0v) is 13.1. The molecule has 1 unspecified atom stereocenters. The molecule has 1 aliphatic carbocycles. The van der Waals surface area contributed by atoms with Crippen LogP contribution >= 0.6 is 15.9 Å². The van der Waals surface area contributed by atoms with E-state index in [0.717, 1.165) is 29.4 Å². The molecular formula is C16H16BrN3O. The summed E-state index contributed by atoms with van der Waals surface area (Å²) >= 11 is 3.33. The largest absolute Gasteiger partial charge is 0.399 e. The van der Waals surface area contributed by atoms with Gasteiger partial charge in [-0.1, -0.05) is 6.07 Å². The Morgan fingerprint density at radius 1 is 1.33 bits per heavy atom. The van der Waals surface area contributed by atoms with Gasteiger partial charge in [0, 0.05) is 22.6 Å². The number of pyridine rings is 1. The second-order valence-corrected chi connectivity index (χ2v) is 6.18. The molecule has 3 N–H and O–H groups in total. The number of aryl methyl sites for hydroxylation is 1. The van der Waals surface area contributed by atoms with Gasteiger partial charge in [-0.05, 0) is 64.5 Å². The number of fused-ring (bicyclic) bond motifs is 1. The molecule has 108 valence electrons. The summed E-state index contributed by atoms with van der Waals surface area (Å²) in [4.78, 5) is 16.4. The van der Waals surface area contributed by atoms with Gasteiger partial charge in [-0.15, -0.1) is 0 Å². The number of rotatable bonds is 2. The number of anilines is 1. The predicted octanol–water partition coefficient (Wildman–Crippen LogP) is 3.23. The predicted molar refractivity (Wildman–Crippen MR) is 85.9 cm³/mol. The summed E-state index contributed by atoms with van der Waals surface area (Å²) in [6.07, 6.45) is 6.26. The van der Waals surface area contributed by atoms with Gasteiger partial charge in [0.05, 0.1) is 11.6 Å². The van der Waals surface area contributed by atoms with Crippen LogP contribution in [0.1, 0.15) is 40.4 Å². The van der Waals surface area contributed by atoms with Gasteiger partial charge in [0.25, 0.3) is 5.91 Å². The van der Waals surface area contributed by atoms with Gasteiger partial charge < -0.3 is 11.1 Å². The van der Waals surface area contributed by atoms with Crippen LogP contribution in [0.3, 0.4) is 0 Å². The number of hydrogen-bond donors (Lipinski definition) is 2. The van der Waals surface area contributed by atoms with Crippen molar-refractivity contribution in [3.8, 4) is 0 Å². The van der Waals surface area contributed by atoms with Crippen LogP contribution in [0, 0.1) is 0 Å². The molecular weight excluding hydrogens is 330 g/mol. The molecule has 5 heteroatoms. The Hall–Kier alpha value is -1.88. The smallest absolute Gasteiger partial charge is 0.253 e. The first-order valence-corrected chi connectivity index (χ1v) is 7.72. The second-order valence-electron chi connectivity index (χ2n) is 5.27. The molecule has 0 spiro atoms. The first-order valence-electron chi connectivity index (χ1n) is 6.93. The number of amides is 1. The minimum atomic E-state index is -0.0986. The minimum Gasteiger partial charge on any atom is -0.399 e. The van der Waals surface area contributed by atoms with Gasteiger partial charge in [0.2, 0.25) is 0 Å². The number of nitrogens with two attached hydrogens (primary N) is 1. The first kappa shape index (κ1) is 14.1. The van der Waals surface area contributed by atoms with E-state index in [0.29, 0.717) is 5.56 Å². The quantitative estimate of drug-likeness (QED) is 0.821. The van der Waals surface area contributed by atoms with Crippen molar-refractivity contribution in [2.75, 3.05) is 5.73 Å². The molecule has 1 aromatic heterocycles. The number of halogens is 1. The van der Waals surface area contributed by atoms with Crippen molar-refractivity contribution in [3.05, 3.63) is 57.8 Å². The average Bonchev–Trinajstić information content (AvgIpc) is 2.47. The number of aromatic nitrogens is 1. The van der Waals surface area contributed by atoms with Gasteiger partial charge in [-0.2, -0.15) is 0 Å². The molecule has 1 atom stereocenters. The standard InChI is InChI=1S/C16H16BrN3O/c17-12-6-11(8-19-9-12)16(21)20-15-3-1-2-10-7-13(18)4-5-14(10)15/h4-9,15H,1-3,18H2,(H,20,21). The highest BCUT2D eigenvalue weighted by molar-refractivity contribution is 9.10. The Bertz CT molecular complexity index is 687. The molecule has 1 aliphatic rings. The number of hydrogen-bond acceptors (Lipinski definition) is 3. The van der Waals surface area contributed by atoms with Gasteiger partial charge in [-0.3, -0.25) is 9.78 Å². The van der Waals surface area contributed by atoms with Crippen LogP contribution in [0.4, 0.5) is 5.69 Å². The summed E-state index contributed by atoms with van der Waals surface area (Å²) < 4.78 is 0.798. The maximum Gasteiger partial charge on any atom is 0.253 e. The Balaban J connectivity index is 1.82. The highest BCUT2D eigenvalue weighted by Crippen LogP contribution is 2.31. The second kappa shape index (κ2) is 5.85. The van der Waals surface area contributed by atoms with Crippen LogP contribution in [-0.2, 0) is 6.42 Å². The molecule has 1 aromatic carbocycles. The van der Waals surface area contributed by atoms with Crippen molar-refractivity contribution in [2.24, 2.45) is 0 Å². The summed E-state index contributed by atoms with van der Waals surface area (Å²) in [5, 5.41) is 3.10. The van der Waals surface area contributed by atoms with E-state index in [9.17, 15) is 4.79 Å². The van der Waals surface area contributed by atoms with Crippen LogP contribution in [0.25, 0.3) is 0 Å². The number of nitrogens with zero attached hydrogens (tertiary/aromatic N) is 1. The van der Waals surface area contributed by atoms with E-state index in [2.05, 4.69) is 26.2 Å². The lowest BCUT2D eigenvalue weighted by atomic mass is 9.87. The van der Waals surface area contributed by atoms with E-state index < -0.39 is 0 Å². The summed E-state index contributed by atoms with van der Waals surface area (Å²) in [6, 6.07) is 7.74. The van der Waals surface area contributed by atoms with Crippen LogP contribution < -0.4 is 11.1 Å². The highest BCUT2D eigenvalue weighted by Gasteiger charge is 2.22. The van der Waals surface area contributed by atoms with Crippen LogP contribution in [0.15, 0.2) is 41.1 Å². The third-order valence-electron chi connectivity index (χ3n) is 3.75. The molecule has 3 rings (SSSR count). The lowest BCUT2D eigenvalue weighted by Crippen LogP contribution is -2.31. The fraction of sp³-hybridized carbons (Fsp3) is 0.250. The molecule has 0 radical (unpaired) electrons. The third kappa shape index (κ3) is 3.08. The molecule has 4 nitrogen and oxygen atoms in total. The van der Waals surface area contributed by atoms with E-state index >= 15 is 0 Å². The number of nitrogen functional groups attached to an aromatic ring is 1. The van der Waals surface area contributed by atoms with Crippen molar-refractivity contribution >= 4 is 27.5 Å². The van der Waals surface area contributed by atoms with Crippen LogP contribution in [-0.4, -0.2) is 10.9 Å². The Morgan fingerprint density at radius 3 is 3.00 bits per heavy atom. The molecule has 1 heterocycles. The number of carbonyl (C=O) groups excluding carboxylic acids is 1. The van der Waals surface area contributed by atoms with Gasteiger partial charge in [0.15, 0.2) is 0 Å². The van der Waals surface area contributed by atoms with Gasteiger partial charge >= 0.3 is 0 Å². The van der Waals surface area contributed by atoms with E-state index in [4.69, 9.17) is 5.73 Å².